The van der Waals surface area contributed by atoms with Gasteiger partial charge in [0.05, 0.1) is 40.2 Å². The lowest BCUT2D eigenvalue weighted by Gasteiger charge is -2.40. The van der Waals surface area contributed by atoms with Gasteiger partial charge in [0.25, 0.3) is 11.8 Å². The minimum Gasteiger partial charge on any atom is -0.461 e. The Labute approximate surface area is 482 Å². The number of fused-ring (bicyclic) bond motifs is 6. The topological polar surface area (TPSA) is 319 Å². The van der Waals surface area contributed by atoms with Gasteiger partial charge in [-0.05, 0) is 68.0 Å². The van der Waals surface area contributed by atoms with Crippen LogP contribution < -0.4 is 21.3 Å². The molecule has 0 radical (unpaired) electrons. The molecule has 4 aromatic rings. The first-order chi connectivity index (χ1) is 38.7. The zero-order chi connectivity index (χ0) is 60.6. The maximum absolute atomic E-state index is 15.5. The predicted molar refractivity (Wildman–Crippen MR) is 303 cm³/mol. The maximum atomic E-state index is 15.5. The molecule has 1 unspecified atom stereocenters. The number of hydrogen-bond acceptors (Lipinski definition) is 18. The van der Waals surface area contributed by atoms with Crippen LogP contribution in [-0.2, 0) is 58.6 Å². The van der Waals surface area contributed by atoms with Crippen LogP contribution in [0.5, 0.6) is 0 Å². The number of rotatable bonds is 9. The Kier molecular flexibility index (Phi) is 21.2. The van der Waals surface area contributed by atoms with Crippen LogP contribution in [0.1, 0.15) is 76.4 Å². The second kappa shape index (κ2) is 27.4. The molecule has 0 aliphatic carbocycles. The lowest BCUT2D eigenvalue weighted by Crippen LogP contribution is -2.62. The van der Waals surface area contributed by atoms with Crippen molar-refractivity contribution in [3.8, 4) is 0 Å². The third-order valence-corrected chi connectivity index (χ3v) is 18.5. The summed E-state index contributed by atoms with van der Waals surface area (Å²) in [5, 5.41) is 10.2. The number of esters is 2. The zero-order valence-corrected chi connectivity index (χ0v) is 49.7. The minimum atomic E-state index is -2.40. The number of ether oxygens (including phenoxy) is 2. The third-order valence-electron chi connectivity index (χ3n) is 15.2. The van der Waals surface area contributed by atoms with Crippen molar-refractivity contribution in [3.63, 3.8) is 0 Å². The highest BCUT2D eigenvalue weighted by Crippen LogP contribution is 2.29. The van der Waals surface area contributed by atoms with Crippen molar-refractivity contribution >= 4 is 104 Å². The molecule has 0 spiro atoms. The number of para-hydroxylation sites is 4. The first-order valence-corrected chi connectivity index (χ1v) is 29.3. The summed E-state index contributed by atoms with van der Waals surface area (Å²) in [6.45, 7) is 11.4. The van der Waals surface area contributed by atoms with Gasteiger partial charge in [-0.1, -0.05) is 65.8 Å². The number of nitrogens with zero attached hydrogens (tertiary/aromatic N) is 8. The average molecular weight is 1170 g/mol. The van der Waals surface area contributed by atoms with Gasteiger partial charge in [0.15, 0.2) is 0 Å². The van der Waals surface area contributed by atoms with E-state index in [4.69, 9.17) is 9.47 Å². The van der Waals surface area contributed by atoms with Crippen LogP contribution in [0.2, 0.25) is 0 Å². The molecule has 0 saturated carbocycles. The number of nitrogens with one attached hydrogen (secondary N) is 4. The second-order valence-corrected chi connectivity index (χ2v) is 24.1. The molecule has 4 N–H and O–H groups in total. The first kappa shape index (κ1) is 63.5. The van der Waals surface area contributed by atoms with Crippen molar-refractivity contribution in [2.45, 2.75) is 108 Å². The van der Waals surface area contributed by atoms with Crippen molar-refractivity contribution in [2.75, 3.05) is 53.4 Å². The van der Waals surface area contributed by atoms with Gasteiger partial charge in [-0.25, -0.2) is 19.6 Å². The van der Waals surface area contributed by atoms with Crippen molar-refractivity contribution in [2.24, 2.45) is 23.7 Å². The molecule has 2 aromatic heterocycles. The minimum absolute atomic E-state index is 0.207. The summed E-state index contributed by atoms with van der Waals surface area (Å²) >= 11 is 0.884. The molecule has 4 heterocycles. The SMILES string of the molecule is CS[C@@H]1[C@H]2C(=O)N(C)[C@@H]([C@@H](C)C(C)C)C(=O)OC[C@@H](NC(=O)c3cnc4ccccc4n3)C(=O)N[C@@H](C)C(=O)N(C)[C@@H](CS1=O)C(=O)N(C)[C@@H]([C@@H](C)C(C)C)C(=O)OC[C@@H](NC(=O)c1cnc3ccccc3n1)C(=O)N[C@@H](C)C(=O)N2C. The maximum Gasteiger partial charge on any atom is 0.329 e. The van der Waals surface area contributed by atoms with Gasteiger partial charge in [0.1, 0.15) is 77.5 Å². The highest BCUT2D eigenvalue weighted by atomic mass is 32.2. The fourth-order valence-corrected chi connectivity index (χ4v) is 12.6. The van der Waals surface area contributed by atoms with Gasteiger partial charge >= 0.3 is 11.9 Å². The van der Waals surface area contributed by atoms with Crippen molar-refractivity contribution in [1.82, 2.24) is 60.8 Å². The number of cyclic esters (lactones) is 2. The number of carbonyl (C=O) groups excluding carboxylic acids is 10. The van der Waals surface area contributed by atoms with Crippen LogP contribution in [0, 0.1) is 23.7 Å². The average Bonchev–Trinajstić information content (AvgIpc) is 3.68. The molecule has 82 heavy (non-hydrogen) atoms. The van der Waals surface area contributed by atoms with Crippen molar-refractivity contribution in [1.29, 1.82) is 0 Å². The summed E-state index contributed by atoms with van der Waals surface area (Å²) in [4.78, 5) is 168. The summed E-state index contributed by atoms with van der Waals surface area (Å²) in [5.41, 5.74) is 1.26. The second-order valence-electron chi connectivity index (χ2n) is 21.3. The smallest absolute Gasteiger partial charge is 0.329 e. The quantitative estimate of drug-likeness (QED) is 0.169. The molecule has 2 saturated heterocycles. The Hall–Kier alpha value is -7.68. The Morgan fingerprint density at radius 1 is 0.598 bits per heavy atom. The van der Waals surface area contributed by atoms with Gasteiger partial charge in [0.2, 0.25) is 35.4 Å². The van der Waals surface area contributed by atoms with Gasteiger partial charge in [-0.2, -0.15) is 0 Å². The van der Waals surface area contributed by atoms with E-state index in [1.165, 1.54) is 60.7 Å². The van der Waals surface area contributed by atoms with Crippen LogP contribution in [0.4, 0.5) is 0 Å². The van der Waals surface area contributed by atoms with Gasteiger partial charge in [0, 0.05) is 39.0 Å². The number of likely N-dealkylation sites (N-methyl/N-ethyl adjacent to an activating group) is 4. The zero-order valence-electron chi connectivity index (χ0n) is 48.1. The monoisotopic (exact) mass is 1170 g/mol. The van der Waals surface area contributed by atoms with Gasteiger partial charge in [-0.3, -0.25) is 52.5 Å². The number of carbonyl (C=O) groups is 10. The fraction of sp³-hybridized carbons (Fsp3) is 0.527. The summed E-state index contributed by atoms with van der Waals surface area (Å²) < 4.78 is 25.6. The number of aromatic nitrogens is 4. The predicted octanol–water partition coefficient (Wildman–Crippen LogP) is 0.923. The normalized spacial score (nSPS) is 26.3. The Morgan fingerprint density at radius 3 is 1.39 bits per heavy atom. The summed E-state index contributed by atoms with van der Waals surface area (Å²) in [6, 6.07) is 0.559. The molecule has 27 heteroatoms. The van der Waals surface area contributed by atoms with E-state index in [9.17, 15) is 38.4 Å². The molecule has 25 nitrogen and oxygen atoms in total. The summed E-state index contributed by atoms with van der Waals surface area (Å²) in [7, 11) is 2.61. The van der Waals surface area contributed by atoms with Gasteiger partial charge < -0.3 is 50.3 Å². The molecular weight excluding hydrogens is 1100 g/mol. The van der Waals surface area contributed by atoms with E-state index in [0.717, 1.165) is 31.4 Å². The van der Waals surface area contributed by atoms with E-state index < -0.39 is 154 Å². The number of thioether (sulfide) groups is 1. The van der Waals surface area contributed by atoms with E-state index in [0.29, 0.717) is 22.1 Å². The van der Waals surface area contributed by atoms with Crippen molar-refractivity contribution < 1.29 is 61.6 Å². The molecular formula is C55H72N12O13S2. The van der Waals surface area contributed by atoms with E-state index in [1.807, 2.05) is 0 Å². The Bertz CT molecular complexity index is 3130. The summed E-state index contributed by atoms with van der Waals surface area (Å²) in [5.74, 6) is -12.5. The summed E-state index contributed by atoms with van der Waals surface area (Å²) in [6.07, 6.45) is 3.89. The highest BCUT2D eigenvalue weighted by molar-refractivity contribution is 8.11. The lowest BCUT2D eigenvalue weighted by molar-refractivity contribution is -0.161. The Morgan fingerprint density at radius 2 is 0.988 bits per heavy atom. The standard InChI is InChI=1S/C55H72N12O13S2/c1-27(2)29(5)42-53(76)79-24-40(63-46(69)38-23-57-34-19-15-17-21-36(34)61-38)48(71)59-32(8)50(73)67(12)44-52(75)66(11)43(30(6)28(3)4)54(77)80-25-39(62-45(68)37-22-56-33-18-14-16-20-35(33)60-37)47(70)58-31(7)49(72)64(9)41(51(74)65(42)10)26-82(78)55(44)81-13/h14-23,27-32,39-44,55H,24-26H2,1-13H3,(H,58,70)(H,59,71)(H,62,68)(H,63,69)/t29-,30-,31-,32-,39+,40+,41-,42-,43-,44+,55-,82?/m0/s1. The van der Waals surface area contributed by atoms with Crippen LogP contribution >= 0.6 is 11.8 Å². The molecule has 442 valence electrons. The molecule has 2 aromatic carbocycles. The number of hydrogen-bond donors (Lipinski definition) is 4. The van der Waals surface area contributed by atoms with E-state index >= 15 is 13.8 Å². The first-order valence-electron chi connectivity index (χ1n) is 26.6. The molecule has 2 fully saturated rings. The van der Waals surface area contributed by atoms with Crippen LogP contribution in [0.25, 0.3) is 22.1 Å². The van der Waals surface area contributed by atoms with Crippen LogP contribution in [-0.4, -0.2) is 209 Å². The van der Waals surface area contributed by atoms with Gasteiger partial charge in [-0.15, -0.1) is 11.8 Å². The Balaban J connectivity index is 1.50. The molecule has 2 aliphatic rings. The van der Waals surface area contributed by atoms with Crippen LogP contribution in [0.15, 0.2) is 60.9 Å². The largest absolute Gasteiger partial charge is 0.461 e. The van der Waals surface area contributed by atoms with E-state index in [1.54, 1.807) is 90.1 Å². The van der Waals surface area contributed by atoms with Crippen molar-refractivity contribution in [3.05, 3.63) is 72.3 Å². The number of amides is 8. The molecule has 8 amide bonds. The molecule has 6 rings (SSSR count). The van der Waals surface area contributed by atoms with E-state index in [2.05, 4.69) is 41.2 Å². The highest BCUT2D eigenvalue weighted by Gasteiger charge is 2.48. The van der Waals surface area contributed by atoms with E-state index in [-0.39, 0.29) is 23.2 Å². The lowest BCUT2D eigenvalue weighted by atomic mass is 9.89. The van der Waals surface area contributed by atoms with Crippen LogP contribution in [0.3, 0.4) is 0 Å². The fourth-order valence-electron chi connectivity index (χ4n) is 9.46. The molecule has 12 atom stereocenters. The number of benzene rings is 2. The molecule has 2 bridgehead atoms. The molecule has 2 aliphatic heterocycles. The third kappa shape index (κ3) is 14.3.